The first-order valence-electron chi connectivity index (χ1n) is 12.2. The zero-order valence-corrected chi connectivity index (χ0v) is 21.6. The van der Waals surface area contributed by atoms with E-state index in [1.165, 1.54) is 5.56 Å². The van der Waals surface area contributed by atoms with Gasteiger partial charge in [-0.15, -0.1) is 5.10 Å². The summed E-state index contributed by atoms with van der Waals surface area (Å²) in [6, 6.07) is 17.5. The van der Waals surface area contributed by atoms with E-state index in [1.54, 1.807) is 22.5 Å². The van der Waals surface area contributed by atoms with E-state index in [-0.39, 0.29) is 6.61 Å². The molecule has 2 aromatic carbocycles. The predicted octanol–water partition coefficient (Wildman–Crippen LogP) is 6.16. The summed E-state index contributed by atoms with van der Waals surface area (Å²) in [7, 11) is 0. The molecule has 7 nitrogen and oxygen atoms in total. The molecule has 0 fully saturated rings. The average molecular weight is 505 g/mol. The summed E-state index contributed by atoms with van der Waals surface area (Å²) in [6.07, 6.45) is 4.88. The van der Waals surface area contributed by atoms with Crippen molar-refractivity contribution >= 4 is 23.7 Å². The van der Waals surface area contributed by atoms with Crippen LogP contribution >= 0.6 is 11.8 Å². The van der Waals surface area contributed by atoms with Crippen molar-refractivity contribution in [1.82, 2.24) is 14.8 Å². The highest BCUT2D eigenvalue weighted by Gasteiger charge is 2.35. The summed E-state index contributed by atoms with van der Waals surface area (Å²) < 4.78 is 13.1. The lowest BCUT2D eigenvalue weighted by Crippen LogP contribution is -2.29. The van der Waals surface area contributed by atoms with Gasteiger partial charge >= 0.3 is 5.97 Å². The van der Waals surface area contributed by atoms with Crippen molar-refractivity contribution in [2.24, 2.45) is 0 Å². The summed E-state index contributed by atoms with van der Waals surface area (Å²) in [6.45, 7) is 8.50. The number of unbranched alkanes of at least 4 members (excludes halogenated alkanes) is 2. The van der Waals surface area contributed by atoms with Crippen molar-refractivity contribution < 1.29 is 14.3 Å². The maximum absolute atomic E-state index is 13.1. The summed E-state index contributed by atoms with van der Waals surface area (Å²) in [5.74, 6) is 1.73. The van der Waals surface area contributed by atoms with Crippen molar-refractivity contribution in [1.29, 1.82) is 0 Å². The van der Waals surface area contributed by atoms with Gasteiger partial charge in [-0.05, 0) is 36.6 Å². The van der Waals surface area contributed by atoms with Crippen LogP contribution in [0.1, 0.15) is 50.3 Å². The standard InChI is InChI=1S/C28H32N4O3S/c1-4-6-10-18-34-23-15-13-22(14-16-23)25-24(26(33)35-17-5-2)20(3)29-27-30-28(31-32(25)27)36-19-21-11-8-7-9-12-21/h5,7-9,11-16,25H,2,4,6,10,17-19H2,1,3H3,(H,29,30,31). The zero-order valence-electron chi connectivity index (χ0n) is 20.8. The molecule has 1 atom stereocenters. The highest BCUT2D eigenvalue weighted by atomic mass is 32.2. The molecule has 0 aliphatic carbocycles. The number of hydrogen-bond acceptors (Lipinski definition) is 7. The molecule has 0 amide bonds. The lowest BCUT2D eigenvalue weighted by Gasteiger charge is -2.28. The molecule has 36 heavy (non-hydrogen) atoms. The molecule has 1 aromatic heterocycles. The van der Waals surface area contributed by atoms with Crippen LogP contribution < -0.4 is 10.1 Å². The molecule has 2 heterocycles. The van der Waals surface area contributed by atoms with Crippen LogP contribution in [-0.2, 0) is 15.3 Å². The molecule has 188 valence electrons. The van der Waals surface area contributed by atoms with Gasteiger partial charge in [0.2, 0.25) is 11.1 Å². The van der Waals surface area contributed by atoms with E-state index in [0.29, 0.717) is 29.0 Å². The number of carbonyl (C=O) groups is 1. The van der Waals surface area contributed by atoms with Crippen LogP contribution in [0.4, 0.5) is 5.95 Å². The van der Waals surface area contributed by atoms with E-state index in [1.807, 2.05) is 49.4 Å². The number of nitrogens with one attached hydrogen (secondary N) is 1. The molecule has 0 bridgehead atoms. The van der Waals surface area contributed by atoms with Crippen LogP contribution in [-0.4, -0.2) is 33.9 Å². The van der Waals surface area contributed by atoms with E-state index in [9.17, 15) is 4.79 Å². The van der Waals surface area contributed by atoms with Crippen LogP contribution in [0.2, 0.25) is 0 Å². The van der Waals surface area contributed by atoms with Gasteiger partial charge in [0.15, 0.2) is 0 Å². The number of nitrogens with zero attached hydrogens (tertiary/aromatic N) is 3. The van der Waals surface area contributed by atoms with E-state index < -0.39 is 12.0 Å². The van der Waals surface area contributed by atoms with Gasteiger partial charge in [-0.2, -0.15) is 4.98 Å². The van der Waals surface area contributed by atoms with Gasteiger partial charge in [0.05, 0.1) is 12.2 Å². The Labute approximate surface area is 216 Å². The SMILES string of the molecule is C=CCOC(=O)C1=C(C)Nc2nc(SCc3ccccc3)nn2C1c1ccc(OCCCCC)cc1. The molecule has 3 aromatic rings. The number of benzene rings is 2. The number of carbonyl (C=O) groups excluding carboxylic acids is 1. The topological polar surface area (TPSA) is 78.3 Å². The van der Waals surface area contributed by atoms with Crippen molar-refractivity contribution in [3.05, 3.63) is 89.6 Å². The van der Waals surface area contributed by atoms with Gasteiger partial charge in [-0.3, -0.25) is 0 Å². The summed E-state index contributed by atoms with van der Waals surface area (Å²) in [5.41, 5.74) is 3.27. The number of aromatic nitrogens is 3. The van der Waals surface area contributed by atoms with Crippen LogP contribution in [0.15, 0.2) is 83.7 Å². The van der Waals surface area contributed by atoms with Crippen molar-refractivity contribution in [2.75, 3.05) is 18.5 Å². The van der Waals surface area contributed by atoms with Gasteiger partial charge in [0.25, 0.3) is 0 Å². The molecule has 0 spiro atoms. The monoisotopic (exact) mass is 504 g/mol. The number of ether oxygens (including phenoxy) is 2. The first-order chi connectivity index (χ1) is 17.6. The van der Waals surface area contributed by atoms with E-state index in [2.05, 4.69) is 31.0 Å². The minimum Gasteiger partial charge on any atom is -0.494 e. The Balaban J connectivity index is 1.61. The van der Waals surface area contributed by atoms with Gasteiger partial charge in [0.1, 0.15) is 18.4 Å². The van der Waals surface area contributed by atoms with E-state index in [4.69, 9.17) is 19.6 Å². The van der Waals surface area contributed by atoms with E-state index >= 15 is 0 Å². The van der Waals surface area contributed by atoms with E-state index in [0.717, 1.165) is 36.3 Å². The summed E-state index contributed by atoms with van der Waals surface area (Å²) in [5, 5.41) is 8.65. The summed E-state index contributed by atoms with van der Waals surface area (Å²) in [4.78, 5) is 17.8. The third-order valence-corrected chi connectivity index (χ3v) is 6.72. The lowest BCUT2D eigenvalue weighted by molar-refractivity contribution is -0.138. The van der Waals surface area contributed by atoms with Crippen LogP contribution in [0, 0.1) is 0 Å². The molecular formula is C28H32N4O3S. The smallest absolute Gasteiger partial charge is 0.338 e. The first-order valence-corrected chi connectivity index (χ1v) is 13.2. The Morgan fingerprint density at radius 1 is 1.17 bits per heavy atom. The number of allylic oxidation sites excluding steroid dienone is 1. The molecule has 1 aliphatic heterocycles. The van der Waals surface area contributed by atoms with Crippen molar-refractivity contribution in [3.63, 3.8) is 0 Å². The number of rotatable bonds is 12. The van der Waals surface area contributed by atoms with Gasteiger partial charge in [-0.25, -0.2) is 9.48 Å². The quantitative estimate of drug-likeness (QED) is 0.137. The van der Waals surface area contributed by atoms with Crippen LogP contribution in [0.5, 0.6) is 5.75 Å². The number of fused-ring (bicyclic) bond motifs is 1. The fourth-order valence-electron chi connectivity index (χ4n) is 3.99. The Morgan fingerprint density at radius 2 is 1.94 bits per heavy atom. The molecule has 1 unspecified atom stereocenters. The molecule has 0 saturated heterocycles. The molecule has 1 aliphatic rings. The normalized spacial score (nSPS) is 14.7. The molecule has 0 radical (unpaired) electrons. The molecule has 1 N–H and O–H groups in total. The number of thioether (sulfide) groups is 1. The lowest BCUT2D eigenvalue weighted by atomic mass is 9.96. The number of hydrogen-bond donors (Lipinski definition) is 1. The first kappa shape index (κ1) is 25.6. The predicted molar refractivity (Wildman–Crippen MR) is 143 cm³/mol. The summed E-state index contributed by atoms with van der Waals surface area (Å²) >= 11 is 1.55. The van der Waals surface area contributed by atoms with Crippen molar-refractivity contribution in [3.8, 4) is 5.75 Å². The molecular weight excluding hydrogens is 472 g/mol. The average Bonchev–Trinajstić information content (AvgIpc) is 3.31. The third kappa shape index (κ3) is 6.18. The van der Waals surface area contributed by atoms with Gasteiger partial charge in [0, 0.05) is 11.4 Å². The fourth-order valence-corrected chi connectivity index (χ4v) is 4.77. The Bertz CT molecular complexity index is 1210. The second kappa shape index (κ2) is 12.4. The van der Waals surface area contributed by atoms with Crippen molar-refractivity contribution in [2.45, 2.75) is 50.1 Å². The molecule has 0 saturated carbocycles. The zero-order chi connectivity index (χ0) is 25.3. The highest BCUT2D eigenvalue weighted by Crippen LogP contribution is 2.37. The Kier molecular flexibility index (Phi) is 8.84. The van der Waals surface area contributed by atoms with Crippen LogP contribution in [0.25, 0.3) is 0 Å². The fraction of sp³-hybridized carbons (Fsp3) is 0.321. The minimum absolute atomic E-state index is 0.134. The third-order valence-electron chi connectivity index (χ3n) is 5.81. The number of esters is 1. The van der Waals surface area contributed by atoms with Gasteiger partial charge < -0.3 is 14.8 Å². The minimum atomic E-state index is -0.480. The largest absolute Gasteiger partial charge is 0.494 e. The maximum atomic E-state index is 13.1. The molecule has 4 rings (SSSR count). The van der Waals surface area contributed by atoms with Gasteiger partial charge in [-0.1, -0.05) is 86.6 Å². The highest BCUT2D eigenvalue weighted by molar-refractivity contribution is 7.98. The second-order valence-electron chi connectivity index (χ2n) is 8.51. The maximum Gasteiger partial charge on any atom is 0.338 e. The van der Waals surface area contributed by atoms with Crippen LogP contribution in [0.3, 0.4) is 0 Å². The Hall–Kier alpha value is -3.52. The number of anilines is 1. The second-order valence-corrected chi connectivity index (χ2v) is 9.46. The molecule has 8 heteroatoms. The Morgan fingerprint density at radius 3 is 2.67 bits per heavy atom.